The second-order valence-corrected chi connectivity index (χ2v) is 7.78. The summed E-state index contributed by atoms with van der Waals surface area (Å²) in [7, 11) is 0. The normalized spacial score (nSPS) is 22.2. The van der Waals surface area contributed by atoms with Crippen molar-refractivity contribution in [3.05, 3.63) is 29.8 Å². The van der Waals surface area contributed by atoms with Gasteiger partial charge in [-0.3, -0.25) is 4.90 Å². The van der Waals surface area contributed by atoms with E-state index in [0.717, 1.165) is 44.1 Å². The minimum absolute atomic E-state index is 0.217. The first-order valence-electron chi connectivity index (χ1n) is 9.51. The molecule has 1 aromatic rings. The number of hydrogen-bond acceptors (Lipinski definition) is 3. The van der Waals surface area contributed by atoms with E-state index < -0.39 is 6.11 Å². The summed E-state index contributed by atoms with van der Waals surface area (Å²) in [5.74, 6) is 1.10. The quantitative estimate of drug-likeness (QED) is 0.782. The van der Waals surface area contributed by atoms with Crippen LogP contribution < -0.4 is 4.74 Å². The van der Waals surface area contributed by atoms with Gasteiger partial charge in [0.2, 0.25) is 0 Å². The molecule has 0 bridgehead atoms. The molecule has 5 heteroatoms. The Labute approximate surface area is 149 Å². The van der Waals surface area contributed by atoms with E-state index >= 15 is 0 Å². The van der Waals surface area contributed by atoms with E-state index in [-0.39, 0.29) is 5.75 Å². The van der Waals surface area contributed by atoms with E-state index in [1.165, 1.54) is 38.8 Å². The fourth-order valence-corrected chi connectivity index (χ4v) is 3.96. The van der Waals surface area contributed by atoms with Crippen LogP contribution in [-0.4, -0.2) is 48.1 Å². The van der Waals surface area contributed by atoms with Crippen LogP contribution in [0.2, 0.25) is 0 Å². The minimum Gasteiger partial charge on any atom is -0.433 e. The molecule has 25 heavy (non-hydrogen) atoms. The molecule has 2 fully saturated rings. The van der Waals surface area contributed by atoms with E-state index in [2.05, 4.69) is 21.5 Å². The maximum atomic E-state index is 12.9. The lowest BCUT2D eigenvalue weighted by molar-refractivity contribution is -0.158. The van der Waals surface area contributed by atoms with Gasteiger partial charge in [0.25, 0.3) is 0 Å². The Hall–Kier alpha value is -1.20. The molecule has 3 rings (SSSR count). The SMILES string of the molecule is CC1CCN(C2CCN(Cc3ccc(OC(C)(F)F)cc3)CC2)CC1. The second-order valence-electron chi connectivity index (χ2n) is 7.78. The number of ether oxygens (including phenoxy) is 1. The molecule has 2 heterocycles. The van der Waals surface area contributed by atoms with Gasteiger partial charge < -0.3 is 9.64 Å². The predicted octanol–water partition coefficient (Wildman–Crippen LogP) is 4.37. The molecule has 140 valence electrons. The third-order valence-electron chi connectivity index (χ3n) is 5.52. The smallest absolute Gasteiger partial charge is 0.394 e. The molecule has 1 aromatic carbocycles. The Morgan fingerprint density at radius 2 is 1.60 bits per heavy atom. The van der Waals surface area contributed by atoms with Gasteiger partial charge in [-0.25, -0.2) is 0 Å². The molecule has 0 aliphatic carbocycles. The summed E-state index contributed by atoms with van der Waals surface area (Å²) in [6, 6.07) is 7.78. The van der Waals surface area contributed by atoms with Crippen molar-refractivity contribution < 1.29 is 13.5 Å². The van der Waals surface area contributed by atoms with E-state index in [1.54, 1.807) is 12.1 Å². The van der Waals surface area contributed by atoms with Gasteiger partial charge >= 0.3 is 6.11 Å². The van der Waals surface area contributed by atoms with Gasteiger partial charge in [-0.15, -0.1) is 0 Å². The zero-order chi connectivity index (χ0) is 17.9. The zero-order valence-corrected chi connectivity index (χ0v) is 15.4. The summed E-state index contributed by atoms with van der Waals surface area (Å²) in [4.78, 5) is 5.15. The van der Waals surface area contributed by atoms with E-state index in [4.69, 9.17) is 0 Å². The van der Waals surface area contributed by atoms with Gasteiger partial charge in [-0.2, -0.15) is 8.78 Å². The lowest BCUT2D eigenvalue weighted by atomic mass is 9.95. The Kier molecular flexibility index (Phi) is 5.95. The standard InChI is InChI=1S/C20H30F2N2O/c1-16-7-13-24(14-8-16)18-9-11-23(12-10-18)15-17-3-5-19(6-4-17)25-20(2,21)22/h3-6,16,18H,7-15H2,1-2H3. The van der Waals surface area contributed by atoms with Crippen LogP contribution in [0, 0.1) is 5.92 Å². The van der Waals surface area contributed by atoms with Crippen molar-refractivity contribution in [1.29, 1.82) is 0 Å². The molecule has 0 radical (unpaired) electrons. The van der Waals surface area contributed by atoms with E-state index in [9.17, 15) is 8.78 Å². The first-order chi connectivity index (χ1) is 11.9. The third-order valence-corrected chi connectivity index (χ3v) is 5.52. The lowest BCUT2D eigenvalue weighted by Gasteiger charge is -2.41. The van der Waals surface area contributed by atoms with Crippen molar-refractivity contribution in [3.8, 4) is 5.75 Å². The average Bonchev–Trinajstić information content (AvgIpc) is 2.57. The summed E-state index contributed by atoms with van der Waals surface area (Å²) < 4.78 is 30.3. The summed E-state index contributed by atoms with van der Waals surface area (Å²) in [6.45, 7) is 8.74. The highest BCUT2D eigenvalue weighted by Crippen LogP contribution is 2.25. The number of nitrogens with zero attached hydrogens (tertiary/aromatic N) is 2. The molecular formula is C20H30F2N2O. The molecular weight excluding hydrogens is 322 g/mol. The monoisotopic (exact) mass is 352 g/mol. The van der Waals surface area contributed by atoms with Crippen molar-refractivity contribution in [3.63, 3.8) is 0 Å². The van der Waals surface area contributed by atoms with Gasteiger partial charge in [-0.05, 0) is 75.5 Å². The molecule has 0 atom stereocenters. The molecule has 3 nitrogen and oxygen atoms in total. The van der Waals surface area contributed by atoms with Crippen molar-refractivity contribution in [1.82, 2.24) is 9.80 Å². The summed E-state index contributed by atoms with van der Waals surface area (Å²) in [5, 5.41) is 0. The number of likely N-dealkylation sites (tertiary alicyclic amines) is 2. The van der Waals surface area contributed by atoms with Gasteiger partial charge in [0.15, 0.2) is 0 Å². The van der Waals surface area contributed by atoms with Crippen molar-refractivity contribution in [2.24, 2.45) is 5.92 Å². The zero-order valence-electron chi connectivity index (χ0n) is 15.4. The van der Waals surface area contributed by atoms with E-state index in [1.807, 2.05) is 12.1 Å². The molecule has 2 saturated heterocycles. The largest absolute Gasteiger partial charge is 0.433 e. The van der Waals surface area contributed by atoms with Gasteiger partial charge in [-0.1, -0.05) is 19.1 Å². The Morgan fingerprint density at radius 3 is 2.16 bits per heavy atom. The lowest BCUT2D eigenvalue weighted by Crippen LogP contribution is -2.47. The highest BCUT2D eigenvalue weighted by Gasteiger charge is 2.27. The first-order valence-corrected chi connectivity index (χ1v) is 9.51. The second kappa shape index (κ2) is 8.00. The summed E-state index contributed by atoms with van der Waals surface area (Å²) >= 11 is 0. The maximum absolute atomic E-state index is 12.9. The fraction of sp³-hybridized carbons (Fsp3) is 0.700. The van der Waals surface area contributed by atoms with Crippen molar-refractivity contribution in [2.45, 2.75) is 58.2 Å². The predicted molar refractivity (Wildman–Crippen MR) is 96.0 cm³/mol. The van der Waals surface area contributed by atoms with Crippen LogP contribution in [0.15, 0.2) is 24.3 Å². The molecule has 0 amide bonds. The molecule has 0 N–H and O–H groups in total. The van der Waals surface area contributed by atoms with Gasteiger partial charge in [0, 0.05) is 19.5 Å². The van der Waals surface area contributed by atoms with Crippen molar-refractivity contribution >= 4 is 0 Å². The Bertz CT molecular complexity index is 528. The van der Waals surface area contributed by atoms with Crippen LogP contribution in [0.25, 0.3) is 0 Å². The number of benzene rings is 1. The molecule has 0 saturated carbocycles. The van der Waals surface area contributed by atoms with Crippen LogP contribution in [0.1, 0.15) is 45.1 Å². The minimum atomic E-state index is -3.13. The fourth-order valence-electron chi connectivity index (χ4n) is 3.96. The highest BCUT2D eigenvalue weighted by atomic mass is 19.3. The summed E-state index contributed by atoms with van der Waals surface area (Å²) in [5.41, 5.74) is 1.15. The number of halogens is 2. The molecule has 0 spiro atoms. The van der Waals surface area contributed by atoms with Crippen LogP contribution in [0.3, 0.4) is 0 Å². The van der Waals surface area contributed by atoms with Gasteiger partial charge in [0.1, 0.15) is 5.75 Å². The van der Waals surface area contributed by atoms with Gasteiger partial charge in [0.05, 0.1) is 0 Å². The number of alkyl halides is 2. The number of piperidine rings is 2. The number of rotatable bonds is 5. The molecule has 2 aliphatic rings. The van der Waals surface area contributed by atoms with E-state index in [0.29, 0.717) is 0 Å². The third kappa shape index (κ3) is 5.65. The average molecular weight is 352 g/mol. The van der Waals surface area contributed by atoms with Crippen LogP contribution in [0.5, 0.6) is 5.75 Å². The maximum Gasteiger partial charge on any atom is 0.394 e. The first kappa shape index (κ1) is 18.6. The highest BCUT2D eigenvalue weighted by molar-refractivity contribution is 5.27. The summed E-state index contributed by atoms with van der Waals surface area (Å²) in [6.07, 6.45) is 2.02. The van der Waals surface area contributed by atoms with Crippen LogP contribution in [0.4, 0.5) is 8.78 Å². The Balaban J connectivity index is 1.44. The number of hydrogen-bond donors (Lipinski definition) is 0. The van der Waals surface area contributed by atoms with Crippen molar-refractivity contribution in [2.75, 3.05) is 26.2 Å². The molecule has 2 aliphatic heterocycles. The molecule has 0 aromatic heterocycles. The van der Waals surface area contributed by atoms with Crippen LogP contribution in [-0.2, 0) is 6.54 Å². The Morgan fingerprint density at radius 1 is 1.00 bits per heavy atom. The molecule has 0 unspecified atom stereocenters. The topological polar surface area (TPSA) is 15.7 Å². The van der Waals surface area contributed by atoms with Crippen LogP contribution >= 0.6 is 0 Å².